The molecule has 2 N–H and O–H groups in total. The van der Waals surface area contributed by atoms with Gasteiger partial charge in [0.05, 0.1) is 28.8 Å². The summed E-state index contributed by atoms with van der Waals surface area (Å²) in [6.07, 6.45) is 5.01. The van der Waals surface area contributed by atoms with Crippen LogP contribution in [-0.2, 0) is 10.3 Å². The maximum Gasteiger partial charge on any atom is 0.340 e. The lowest BCUT2D eigenvalue weighted by Crippen LogP contribution is -2.29. The zero-order chi connectivity index (χ0) is 24.7. The lowest BCUT2D eigenvalue weighted by atomic mass is 9.91. The SMILES string of the molecule is C[C@@H]1OC(=O)c2ccc(Nc3cc4c(C(C)(CO)N=[N+]=[N-])cnc(OC5CC5)c4cn3)nc2[C@H]1C. The van der Waals surface area contributed by atoms with E-state index in [4.69, 9.17) is 15.0 Å². The molecule has 1 aliphatic heterocycles. The Kier molecular flexibility index (Phi) is 5.66. The number of hydrogen-bond donors (Lipinski definition) is 2. The van der Waals surface area contributed by atoms with Crippen molar-refractivity contribution in [3.05, 3.63) is 57.9 Å². The number of fused-ring (bicyclic) bond motifs is 2. The van der Waals surface area contributed by atoms with Crippen molar-refractivity contribution in [1.29, 1.82) is 0 Å². The summed E-state index contributed by atoms with van der Waals surface area (Å²) < 4.78 is 11.3. The van der Waals surface area contributed by atoms with Crippen molar-refractivity contribution in [2.75, 3.05) is 11.9 Å². The second-order valence-electron chi connectivity index (χ2n) is 9.18. The predicted molar refractivity (Wildman–Crippen MR) is 128 cm³/mol. The molecule has 2 aliphatic rings. The molecule has 0 amide bonds. The van der Waals surface area contributed by atoms with Gasteiger partial charge in [0.2, 0.25) is 5.88 Å². The van der Waals surface area contributed by atoms with Crippen molar-refractivity contribution < 1.29 is 19.4 Å². The van der Waals surface area contributed by atoms with Crippen molar-refractivity contribution in [3.8, 4) is 5.88 Å². The van der Waals surface area contributed by atoms with E-state index in [0.717, 1.165) is 12.8 Å². The summed E-state index contributed by atoms with van der Waals surface area (Å²) in [6, 6.07) is 5.17. The van der Waals surface area contributed by atoms with Gasteiger partial charge in [0, 0.05) is 23.2 Å². The number of nitrogens with one attached hydrogen (secondary N) is 1. The van der Waals surface area contributed by atoms with Crippen molar-refractivity contribution in [2.45, 2.75) is 57.3 Å². The molecule has 4 heterocycles. The van der Waals surface area contributed by atoms with Crippen LogP contribution < -0.4 is 10.1 Å². The molecule has 11 heteroatoms. The fourth-order valence-corrected chi connectivity index (χ4v) is 4.07. The summed E-state index contributed by atoms with van der Waals surface area (Å²) in [7, 11) is 0. The van der Waals surface area contributed by atoms with Crippen LogP contribution in [0.4, 0.5) is 11.6 Å². The van der Waals surface area contributed by atoms with Crippen LogP contribution in [0, 0.1) is 0 Å². The Morgan fingerprint density at radius 2 is 2.06 bits per heavy atom. The first-order valence-electron chi connectivity index (χ1n) is 11.4. The lowest BCUT2D eigenvalue weighted by molar-refractivity contribution is 0.0235. The van der Waals surface area contributed by atoms with Crippen LogP contribution >= 0.6 is 0 Å². The van der Waals surface area contributed by atoms with Gasteiger partial charge in [-0.3, -0.25) is 0 Å². The van der Waals surface area contributed by atoms with E-state index in [1.807, 2.05) is 13.8 Å². The smallest absolute Gasteiger partial charge is 0.340 e. The average molecular weight is 476 g/mol. The van der Waals surface area contributed by atoms with E-state index >= 15 is 0 Å². The zero-order valence-electron chi connectivity index (χ0n) is 19.6. The minimum absolute atomic E-state index is 0.0528. The van der Waals surface area contributed by atoms with E-state index in [2.05, 4.69) is 30.3 Å². The molecule has 11 nitrogen and oxygen atoms in total. The maximum atomic E-state index is 12.2. The number of aromatic nitrogens is 3. The Morgan fingerprint density at radius 3 is 2.77 bits per heavy atom. The van der Waals surface area contributed by atoms with Crippen LogP contribution in [0.2, 0.25) is 0 Å². The number of aliphatic hydroxyl groups excluding tert-OH is 1. The lowest BCUT2D eigenvalue weighted by Gasteiger charge is -2.27. The first kappa shape index (κ1) is 22.8. The molecule has 180 valence electrons. The quantitative estimate of drug-likeness (QED) is 0.219. The van der Waals surface area contributed by atoms with Gasteiger partial charge in [-0.2, -0.15) is 0 Å². The van der Waals surface area contributed by atoms with E-state index in [1.165, 1.54) is 0 Å². The molecule has 1 fully saturated rings. The molecule has 35 heavy (non-hydrogen) atoms. The highest BCUT2D eigenvalue weighted by Crippen LogP contribution is 2.38. The number of carbonyl (C=O) groups is 1. The first-order chi connectivity index (χ1) is 16.8. The van der Waals surface area contributed by atoms with Crippen molar-refractivity contribution >= 4 is 28.4 Å². The number of aliphatic hydroxyl groups is 1. The zero-order valence-corrected chi connectivity index (χ0v) is 19.6. The highest BCUT2D eigenvalue weighted by atomic mass is 16.5. The summed E-state index contributed by atoms with van der Waals surface area (Å²) in [4.78, 5) is 28.7. The first-order valence-corrected chi connectivity index (χ1v) is 11.4. The van der Waals surface area contributed by atoms with Gasteiger partial charge >= 0.3 is 5.97 Å². The Labute approximate surface area is 201 Å². The molecule has 0 aromatic carbocycles. The van der Waals surface area contributed by atoms with Crippen LogP contribution in [-0.4, -0.2) is 44.8 Å². The van der Waals surface area contributed by atoms with E-state index in [-0.39, 0.29) is 24.1 Å². The highest BCUT2D eigenvalue weighted by molar-refractivity contribution is 5.93. The molecular weight excluding hydrogens is 450 g/mol. The molecule has 1 saturated carbocycles. The predicted octanol–water partition coefficient (Wildman–Crippen LogP) is 4.49. The fourth-order valence-electron chi connectivity index (χ4n) is 4.07. The molecule has 1 aliphatic carbocycles. The number of rotatable bonds is 7. The Morgan fingerprint density at radius 1 is 1.26 bits per heavy atom. The summed E-state index contributed by atoms with van der Waals surface area (Å²) >= 11 is 0. The third-order valence-electron chi connectivity index (χ3n) is 6.52. The van der Waals surface area contributed by atoms with Gasteiger partial charge in [0.15, 0.2) is 0 Å². The molecular formula is C24H25N7O4. The standard InChI is InChI=1S/C24H25N7O4/c1-12-13(2)34-23(33)15-6-7-19(29-21(12)15)28-20-8-16-17(9-26-20)22(35-14-4-5-14)27-10-18(16)24(3,11-32)30-31-25/h6-10,12-14,32H,4-5,11H2,1-3H3,(H,26,28,29)/t12-,13-,24?/m0/s1. The van der Waals surface area contributed by atoms with Gasteiger partial charge in [-0.25, -0.2) is 19.7 Å². The number of pyridine rings is 3. The van der Waals surface area contributed by atoms with Gasteiger partial charge in [-0.05, 0) is 61.4 Å². The number of cyclic esters (lactones) is 1. The molecule has 5 rings (SSSR count). The number of esters is 1. The Hall–Kier alpha value is -3.95. The van der Waals surface area contributed by atoms with E-state index in [9.17, 15) is 9.90 Å². The van der Waals surface area contributed by atoms with Crippen LogP contribution in [0.1, 0.15) is 61.1 Å². The monoisotopic (exact) mass is 475 g/mol. The van der Waals surface area contributed by atoms with E-state index < -0.39 is 12.1 Å². The number of hydrogen-bond acceptors (Lipinski definition) is 9. The molecule has 3 aromatic rings. The van der Waals surface area contributed by atoms with E-state index in [0.29, 0.717) is 45.1 Å². The minimum atomic E-state index is -1.23. The molecule has 1 unspecified atom stereocenters. The number of carbonyl (C=O) groups excluding carboxylic acids is 1. The number of ether oxygens (including phenoxy) is 2. The fraction of sp³-hybridized carbons (Fsp3) is 0.417. The van der Waals surface area contributed by atoms with Crippen molar-refractivity contribution in [2.24, 2.45) is 5.11 Å². The summed E-state index contributed by atoms with van der Waals surface area (Å²) in [5, 5.41) is 18.4. The maximum absolute atomic E-state index is 12.2. The summed E-state index contributed by atoms with van der Waals surface area (Å²) in [5.74, 6) is 1.02. The summed E-state index contributed by atoms with van der Waals surface area (Å²) in [6.45, 7) is 5.05. The molecule has 0 radical (unpaired) electrons. The largest absolute Gasteiger partial charge is 0.474 e. The van der Waals surface area contributed by atoms with Gasteiger partial charge in [-0.15, -0.1) is 0 Å². The van der Waals surface area contributed by atoms with Crippen LogP contribution in [0.25, 0.3) is 21.2 Å². The normalized spacial score (nSPS) is 20.9. The number of anilines is 2. The van der Waals surface area contributed by atoms with Crippen LogP contribution in [0.5, 0.6) is 5.88 Å². The summed E-state index contributed by atoms with van der Waals surface area (Å²) in [5.41, 5.74) is 9.53. The second-order valence-corrected chi connectivity index (χ2v) is 9.18. The van der Waals surface area contributed by atoms with Crippen molar-refractivity contribution in [3.63, 3.8) is 0 Å². The van der Waals surface area contributed by atoms with Gasteiger partial charge < -0.3 is 19.9 Å². The van der Waals surface area contributed by atoms with Gasteiger partial charge in [-0.1, -0.05) is 12.0 Å². The van der Waals surface area contributed by atoms with Crippen molar-refractivity contribution in [1.82, 2.24) is 15.0 Å². The Bertz CT molecular complexity index is 1370. The number of azide groups is 1. The molecule has 3 aromatic heterocycles. The number of nitrogens with zero attached hydrogens (tertiary/aromatic N) is 6. The topological polar surface area (TPSA) is 155 Å². The molecule has 0 spiro atoms. The van der Waals surface area contributed by atoms with Crippen LogP contribution in [0.3, 0.4) is 0 Å². The van der Waals surface area contributed by atoms with E-state index in [1.54, 1.807) is 37.5 Å². The molecule has 0 bridgehead atoms. The Balaban J connectivity index is 1.57. The molecule has 3 atom stereocenters. The highest BCUT2D eigenvalue weighted by Gasteiger charge is 2.32. The molecule has 0 saturated heterocycles. The van der Waals surface area contributed by atoms with Gasteiger partial charge in [0.1, 0.15) is 23.8 Å². The van der Waals surface area contributed by atoms with Crippen LogP contribution in [0.15, 0.2) is 35.7 Å². The average Bonchev–Trinajstić information content (AvgIpc) is 3.67. The minimum Gasteiger partial charge on any atom is -0.474 e. The third-order valence-corrected chi connectivity index (χ3v) is 6.52. The third kappa shape index (κ3) is 4.20. The van der Waals surface area contributed by atoms with Gasteiger partial charge in [0.25, 0.3) is 0 Å². The second kappa shape index (κ2) is 8.68.